The molecule has 3 rings (SSSR count). The highest BCUT2D eigenvalue weighted by molar-refractivity contribution is 7.09. The molecule has 7 nitrogen and oxygen atoms in total. The van der Waals surface area contributed by atoms with Crippen molar-refractivity contribution in [1.82, 2.24) is 4.90 Å². The van der Waals surface area contributed by atoms with Crippen LogP contribution in [0.25, 0.3) is 0 Å². The summed E-state index contributed by atoms with van der Waals surface area (Å²) in [7, 11) is 1.41. The Hall–Kier alpha value is -2.61. The van der Waals surface area contributed by atoms with Gasteiger partial charge in [0.05, 0.1) is 31.3 Å². The molecule has 1 aromatic carbocycles. The molecule has 0 saturated heterocycles. The predicted molar refractivity (Wildman–Crippen MR) is 98.0 cm³/mol. The van der Waals surface area contributed by atoms with Crippen LogP contribution in [0.5, 0.6) is 11.5 Å². The minimum atomic E-state index is -0.554. The van der Waals surface area contributed by atoms with E-state index in [0.717, 1.165) is 17.7 Å². The maximum atomic E-state index is 13.2. The lowest BCUT2D eigenvalue weighted by atomic mass is 10.1. The molecule has 26 heavy (non-hydrogen) atoms. The van der Waals surface area contributed by atoms with Crippen molar-refractivity contribution in [2.75, 3.05) is 13.7 Å². The highest BCUT2D eigenvalue weighted by Gasteiger charge is 2.36. The predicted octanol–water partition coefficient (Wildman–Crippen LogP) is 3.87. The van der Waals surface area contributed by atoms with Gasteiger partial charge in [0.1, 0.15) is 5.56 Å². The van der Waals surface area contributed by atoms with Crippen LogP contribution in [-0.4, -0.2) is 35.5 Å². The van der Waals surface area contributed by atoms with E-state index in [9.17, 15) is 14.9 Å². The summed E-state index contributed by atoms with van der Waals surface area (Å²) >= 11 is 1.56. The summed E-state index contributed by atoms with van der Waals surface area (Å²) in [6.45, 7) is 2.62. The summed E-state index contributed by atoms with van der Waals surface area (Å²) in [5.74, 6) is 0.221. The average molecular weight is 376 g/mol. The second-order valence-corrected chi connectivity index (χ2v) is 6.99. The quantitative estimate of drug-likeness (QED) is 0.516. The summed E-state index contributed by atoms with van der Waals surface area (Å²) < 4.78 is 10.7. The molecule has 1 aromatic heterocycles. The lowest BCUT2D eigenvalue weighted by molar-refractivity contribution is -0.385. The van der Waals surface area contributed by atoms with Crippen LogP contribution in [0.1, 0.15) is 35.0 Å². The minimum absolute atomic E-state index is 0.0303. The fourth-order valence-electron chi connectivity index (χ4n) is 2.78. The second-order valence-electron chi connectivity index (χ2n) is 5.95. The number of ether oxygens (including phenoxy) is 2. The van der Waals surface area contributed by atoms with Gasteiger partial charge in [-0.2, -0.15) is 0 Å². The summed E-state index contributed by atoms with van der Waals surface area (Å²) in [5, 5.41) is 13.5. The van der Waals surface area contributed by atoms with Gasteiger partial charge < -0.3 is 14.4 Å². The van der Waals surface area contributed by atoms with Crippen molar-refractivity contribution in [3.05, 3.63) is 50.2 Å². The maximum Gasteiger partial charge on any atom is 0.286 e. The van der Waals surface area contributed by atoms with Crippen LogP contribution in [0.4, 0.5) is 5.69 Å². The third-order valence-electron chi connectivity index (χ3n) is 4.16. The number of carbonyl (C=O) groups excluding carboxylic acids is 1. The second kappa shape index (κ2) is 7.74. The first kappa shape index (κ1) is 18.2. The van der Waals surface area contributed by atoms with E-state index in [1.807, 2.05) is 17.5 Å². The number of methoxy groups -OCH3 is 1. The van der Waals surface area contributed by atoms with Crippen molar-refractivity contribution in [2.45, 2.75) is 32.4 Å². The molecule has 1 amide bonds. The highest BCUT2D eigenvalue weighted by atomic mass is 32.1. The van der Waals surface area contributed by atoms with Crippen molar-refractivity contribution < 1.29 is 19.2 Å². The molecule has 0 atom stereocenters. The van der Waals surface area contributed by atoms with Crippen LogP contribution in [-0.2, 0) is 6.54 Å². The minimum Gasteiger partial charge on any atom is -0.493 e. The molecule has 1 aliphatic rings. The molecule has 0 spiro atoms. The van der Waals surface area contributed by atoms with Crippen LogP contribution in [0.2, 0.25) is 0 Å². The van der Waals surface area contributed by atoms with Crippen molar-refractivity contribution in [3.8, 4) is 11.5 Å². The van der Waals surface area contributed by atoms with E-state index in [4.69, 9.17) is 9.47 Å². The first-order chi connectivity index (χ1) is 12.5. The largest absolute Gasteiger partial charge is 0.493 e. The molecule has 0 bridgehead atoms. The molecule has 1 fully saturated rings. The standard InChI is InChI=1S/C18H20N2O5S/c1-3-25-17-9-14(15(20(22)23)10-16(17)24-2)18(21)19(12-6-7-12)11-13-5-4-8-26-13/h4-5,8-10,12H,3,6-7,11H2,1-2H3. The lowest BCUT2D eigenvalue weighted by Crippen LogP contribution is -2.32. The highest BCUT2D eigenvalue weighted by Crippen LogP contribution is 2.37. The SMILES string of the molecule is CCOc1cc(C(=O)N(Cc2cccs2)C2CC2)c([N+](=O)[O-])cc1OC. The topological polar surface area (TPSA) is 81.9 Å². The van der Waals surface area contributed by atoms with Crippen LogP contribution < -0.4 is 9.47 Å². The number of benzene rings is 1. The number of nitro groups is 1. The van der Waals surface area contributed by atoms with Gasteiger partial charge in [-0.1, -0.05) is 6.07 Å². The van der Waals surface area contributed by atoms with E-state index < -0.39 is 4.92 Å². The number of carbonyl (C=O) groups is 1. The number of nitrogens with zero attached hydrogens (tertiary/aromatic N) is 2. The van der Waals surface area contributed by atoms with Gasteiger partial charge in [0, 0.05) is 17.0 Å². The molecule has 1 heterocycles. The van der Waals surface area contributed by atoms with Gasteiger partial charge in [0.2, 0.25) is 0 Å². The van der Waals surface area contributed by atoms with Gasteiger partial charge in [-0.3, -0.25) is 14.9 Å². The van der Waals surface area contributed by atoms with E-state index in [-0.39, 0.29) is 28.9 Å². The molecule has 1 aliphatic carbocycles. The van der Waals surface area contributed by atoms with Crippen molar-refractivity contribution in [1.29, 1.82) is 0 Å². The molecule has 138 valence electrons. The zero-order valence-corrected chi connectivity index (χ0v) is 15.5. The smallest absolute Gasteiger partial charge is 0.286 e. The van der Waals surface area contributed by atoms with E-state index in [1.54, 1.807) is 23.2 Å². The molecule has 2 aromatic rings. The zero-order chi connectivity index (χ0) is 18.7. The van der Waals surface area contributed by atoms with E-state index in [1.165, 1.54) is 19.2 Å². The fourth-order valence-corrected chi connectivity index (χ4v) is 3.48. The number of nitro benzene ring substituents is 1. The summed E-state index contributed by atoms with van der Waals surface area (Å²) in [6, 6.07) is 6.70. The molecular formula is C18H20N2O5S. The average Bonchev–Trinajstić information content (AvgIpc) is 3.34. The normalized spacial score (nSPS) is 13.3. The molecular weight excluding hydrogens is 356 g/mol. The Morgan fingerprint density at radius 3 is 2.69 bits per heavy atom. The Morgan fingerprint density at radius 1 is 1.38 bits per heavy atom. The zero-order valence-electron chi connectivity index (χ0n) is 14.6. The first-order valence-corrected chi connectivity index (χ1v) is 9.25. The lowest BCUT2D eigenvalue weighted by Gasteiger charge is -2.22. The summed E-state index contributed by atoms with van der Waals surface area (Å²) in [4.78, 5) is 26.9. The Kier molecular flexibility index (Phi) is 5.41. The van der Waals surface area contributed by atoms with Gasteiger partial charge in [-0.25, -0.2) is 0 Å². The fraction of sp³-hybridized carbons (Fsp3) is 0.389. The molecule has 0 unspecified atom stereocenters. The number of rotatable bonds is 8. The van der Waals surface area contributed by atoms with Crippen molar-refractivity contribution in [2.24, 2.45) is 0 Å². The van der Waals surface area contributed by atoms with Crippen LogP contribution in [0.15, 0.2) is 29.6 Å². The molecule has 0 N–H and O–H groups in total. The van der Waals surface area contributed by atoms with Gasteiger partial charge in [-0.15, -0.1) is 11.3 Å². The third-order valence-corrected chi connectivity index (χ3v) is 5.02. The van der Waals surface area contributed by atoms with Gasteiger partial charge in [0.25, 0.3) is 11.6 Å². The van der Waals surface area contributed by atoms with Crippen molar-refractivity contribution >= 4 is 22.9 Å². The van der Waals surface area contributed by atoms with Crippen LogP contribution in [0.3, 0.4) is 0 Å². The molecule has 0 aliphatic heterocycles. The summed E-state index contributed by atoms with van der Waals surface area (Å²) in [5.41, 5.74) is -0.241. The number of hydrogen-bond acceptors (Lipinski definition) is 6. The van der Waals surface area contributed by atoms with E-state index in [0.29, 0.717) is 18.9 Å². The molecule has 1 saturated carbocycles. The van der Waals surface area contributed by atoms with E-state index in [2.05, 4.69) is 0 Å². The Bertz CT molecular complexity index is 802. The maximum absolute atomic E-state index is 13.2. The monoisotopic (exact) mass is 376 g/mol. The van der Waals surface area contributed by atoms with Crippen LogP contribution in [0, 0.1) is 10.1 Å². The number of amides is 1. The Morgan fingerprint density at radius 2 is 2.15 bits per heavy atom. The van der Waals surface area contributed by atoms with Gasteiger partial charge in [-0.05, 0) is 31.2 Å². The van der Waals surface area contributed by atoms with E-state index >= 15 is 0 Å². The Labute approximate surface area is 155 Å². The van der Waals surface area contributed by atoms with Gasteiger partial charge in [0.15, 0.2) is 11.5 Å². The van der Waals surface area contributed by atoms with Gasteiger partial charge >= 0.3 is 0 Å². The number of hydrogen-bond donors (Lipinski definition) is 0. The first-order valence-electron chi connectivity index (χ1n) is 8.37. The molecule has 0 radical (unpaired) electrons. The van der Waals surface area contributed by atoms with Crippen LogP contribution >= 0.6 is 11.3 Å². The third kappa shape index (κ3) is 3.80. The Balaban J connectivity index is 2.00. The molecule has 8 heteroatoms. The number of thiophene rings is 1. The van der Waals surface area contributed by atoms with Crippen molar-refractivity contribution in [3.63, 3.8) is 0 Å². The summed E-state index contributed by atoms with van der Waals surface area (Å²) in [6.07, 6.45) is 1.83.